The fraction of sp³-hybridized carbons (Fsp3) is 1.00. The first kappa shape index (κ1) is 12.7. The lowest BCUT2D eigenvalue weighted by atomic mass is 9.98. The van der Waals surface area contributed by atoms with Gasteiger partial charge in [0.25, 0.3) is 0 Å². The second-order valence-electron chi connectivity index (χ2n) is 2.81. The van der Waals surface area contributed by atoms with E-state index in [2.05, 4.69) is 0 Å². The Balaban J connectivity index is 0.00000144. The zero-order valence-electron chi connectivity index (χ0n) is 6.78. The van der Waals surface area contributed by atoms with Crippen LogP contribution in [0.2, 0.25) is 0 Å². The van der Waals surface area contributed by atoms with Gasteiger partial charge < -0.3 is 30.9 Å². The highest BCUT2D eigenvalue weighted by atomic mass is 19.0. The number of ether oxygens (including phenoxy) is 1. The van der Waals surface area contributed by atoms with Crippen molar-refractivity contribution in [2.45, 2.75) is 30.6 Å². The molecule has 1 fully saturated rings. The Bertz CT molecular complexity index is 155. The summed E-state index contributed by atoms with van der Waals surface area (Å²) in [7, 11) is 0. The molecule has 80 valence electrons. The van der Waals surface area contributed by atoms with Crippen molar-refractivity contribution in [3.05, 3.63) is 0 Å². The molecule has 1 aliphatic heterocycles. The van der Waals surface area contributed by atoms with Crippen molar-refractivity contribution in [3.8, 4) is 0 Å². The van der Waals surface area contributed by atoms with E-state index in [4.69, 9.17) is 20.7 Å². The van der Waals surface area contributed by atoms with Crippen LogP contribution in [0.5, 0.6) is 0 Å². The maximum atomic E-state index is 9.20. The molecule has 5 atom stereocenters. The van der Waals surface area contributed by atoms with Gasteiger partial charge in [-0.3, -0.25) is 4.70 Å². The zero-order chi connectivity index (χ0) is 9.30. The molecule has 0 radical (unpaired) electrons. The summed E-state index contributed by atoms with van der Waals surface area (Å²) in [5.41, 5.74) is 5.26. The Morgan fingerprint density at radius 3 is 2.15 bits per heavy atom. The topological polar surface area (TPSA) is 116 Å². The molecule has 5 unspecified atom stereocenters. The Kier molecular flexibility index (Phi) is 4.68. The lowest BCUT2D eigenvalue weighted by Gasteiger charge is -2.38. The molecule has 0 spiro atoms. The summed E-state index contributed by atoms with van der Waals surface area (Å²) in [4.78, 5) is 0. The van der Waals surface area contributed by atoms with Crippen LogP contribution >= 0.6 is 0 Å². The SMILES string of the molecule is F.NC1C(O)OC(CO)C(O)C1O. The fourth-order valence-electron chi connectivity index (χ4n) is 1.12. The largest absolute Gasteiger partial charge is 0.394 e. The third kappa shape index (κ3) is 2.33. The van der Waals surface area contributed by atoms with E-state index in [-0.39, 0.29) is 4.70 Å². The second-order valence-corrected chi connectivity index (χ2v) is 2.81. The van der Waals surface area contributed by atoms with Gasteiger partial charge in [-0.2, -0.15) is 0 Å². The number of rotatable bonds is 1. The van der Waals surface area contributed by atoms with Gasteiger partial charge in [0.15, 0.2) is 6.29 Å². The predicted octanol–water partition coefficient (Wildman–Crippen LogP) is -3.10. The number of hydrogen-bond donors (Lipinski definition) is 5. The third-order valence-corrected chi connectivity index (χ3v) is 1.95. The quantitative estimate of drug-likeness (QED) is 0.305. The van der Waals surface area contributed by atoms with Gasteiger partial charge in [-0.25, -0.2) is 0 Å². The van der Waals surface area contributed by atoms with Crippen LogP contribution in [-0.2, 0) is 4.74 Å². The van der Waals surface area contributed by atoms with Gasteiger partial charge in [0, 0.05) is 0 Å². The number of aliphatic hydroxyl groups is 4. The normalized spacial score (nSPS) is 45.5. The molecular formula is C6H14FNO5. The molecular weight excluding hydrogens is 185 g/mol. The second kappa shape index (κ2) is 4.80. The number of aliphatic hydroxyl groups excluding tert-OH is 4. The minimum atomic E-state index is -1.35. The van der Waals surface area contributed by atoms with Crippen molar-refractivity contribution in [1.29, 1.82) is 0 Å². The summed E-state index contributed by atoms with van der Waals surface area (Å²) >= 11 is 0. The summed E-state index contributed by atoms with van der Waals surface area (Å²) in [6.07, 6.45) is -4.85. The summed E-state index contributed by atoms with van der Waals surface area (Å²) in [5.74, 6) is 0. The average molecular weight is 199 g/mol. The van der Waals surface area contributed by atoms with Gasteiger partial charge in [-0.15, -0.1) is 0 Å². The Morgan fingerprint density at radius 2 is 1.69 bits per heavy atom. The maximum absolute atomic E-state index is 9.20. The summed E-state index contributed by atoms with van der Waals surface area (Å²) in [5, 5.41) is 36.1. The fourth-order valence-corrected chi connectivity index (χ4v) is 1.12. The van der Waals surface area contributed by atoms with Crippen LogP contribution in [0.15, 0.2) is 0 Å². The first-order valence-corrected chi connectivity index (χ1v) is 3.64. The van der Waals surface area contributed by atoms with E-state index in [9.17, 15) is 10.2 Å². The number of nitrogens with two attached hydrogens (primary N) is 1. The molecule has 1 rings (SSSR count). The molecule has 13 heavy (non-hydrogen) atoms. The van der Waals surface area contributed by atoms with E-state index >= 15 is 0 Å². The van der Waals surface area contributed by atoms with Crippen LogP contribution < -0.4 is 5.73 Å². The van der Waals surface area contributed by atoms with Crippen molar-refractivity contribution in [2.24, 2.45) is 5.73 Å². The van der Waals surface area contributed by atoms with Crippen LogP contribution in [0, 0.1) is 0 Å². The van der Waals surface area contributed by atoms with Gasteiger partial charge in [0.1, 0.15) is 18.3 Å². The molecule has 6 N–H and O–H groups in total. The van der Waals surface area contributed by atoms with Gasteiger partial charge in [0.05, 0.1) is 12.6 Å². The molecule has 7 heteroatoms. The molecule has 0 amide bonds. The van der Waals surface area contributed by atoms with Crippen LogP contribution in [0.25, 0.3) is 0 Å². The van der Waals surface area contributed by atoms with Crippen molar-refractivity contribution in [2.75, 3.05) is 6.61 Å². The van der Waals surface area contributed by atoms with E-state index in [1.54, 1.807) is 0 Å². The van der Waals surface area contributed by atoms with Crippen LogP contribution in [-0.4, -0.2) is 57.7 Å². The minimum absolute atomic E-state index is 0. The number of halogens is 1. The zero-order valence-corrected chi connectivity index (χ0v) is 6.78. The third-order valence-electron chi connectivity index (χ3n) is 1.95. The molecule has 0 aromatic rings. The Morgan fingerprint density at radius 1 is 1.15 bits per heavy atom. The summed E-state index contributed by atoms with van der Waals surface area (Å²) < 4.78 is 4.70. The Hall–Kier alpha value is -0.310. The van der Waals surface area contributed by atoms with Gasteiger partial charge >= 0.3 is 0 Å². The van der Waals surface area contributed by atoms with E-state index in [1.807, 2.05) is 0 Å². The van der Waals surface area contributed by atoms with Crippen molar-refractivity contribution in [1.82, 2.24) is 0 Å². The molecule has 0 aromatic carbocycles. The van der Waals surface area contributed by atoms with E-state index in [1.165, 1.54) is 0 Å². The molecule has 0 bridgehead atoms. The lowest BCUT2D eigenvalue weighted by Crippen LogP contribution is -2.61. The highest BCUT2D eigenvalue weighted by Gasteiger charge is 2.41. The van der Waals surface area contributed by atoms with E-state index in [0.29, 0.717) is 0 Å². The molecule has 0 aromatic heterocycles. The lowest BCUT2D eigenvalue weighted by molar-refractivity contribution is -0.248. The van der Waals surface area contributed by atoms with Crippen LogP contribution in [0.4, 0.5) is 4.70 Å². The van der Waals surface area contributed by atoms with Crippen molar-refractivity contribution < 1.29 is 29.9 Å². The highest BCUT2D eigenvalue weighted by Crippen LogP contribution is 2.17. The van der Waals surface area contributed by atoms with Gasteiger partial charge in [0.2, 0.25) is 0 Å². The molecule has 0 saturated carbocycles. The predicted molar refractivity (Wildman–Crippen MR) is 40.5 cm³/mol. The van der Waals surface area contributed by atoms with Crippen molar-refractivity contribution >= 4 is 0 Å². The molecule has 0 aliphatic carbocycles. The average Bonchev–Trinajstić information content (AvgIpc) is 2.08. The van der Waals surface area contributed by atoms with Crippen molar-refractivity contribution in [3.63, 3.8) is 0 Å². The molecule has 1 saturated heterocycles. The van der Waals surface area contributed by atoms with Crippen LogP contribution in [0.3, 0.4) is 0 Å². The molecule has 1 aliphatic rings. The maximum Gasteiger partial charge on any atom is 0.173 e. The highest BCUT2D eigenvalue weighted by molar-refractivity contribution is 4.90. The van der Waals surface area contributed by atoms with E-state index in [0.717, 1.165) is 0 Å². The first-order valence-electron chi connectivity index (χ1n) is 3.64. The summed E-state index contributed by atoms with van der Waals surface area (Å²) in [6.45, 7) is -0.470. The van der Waals surface area contributed by atoms with Gasteiger partial charge in [-0.05, 0) is 0 Å². The minimum Gasteiger partial charge on any atom is -0.394 e. The monoisotopic (exact) mass is 199 g/mol. The smallest absolute Gasteiger partial charge is 0.173 e. The van der Waals surface area contributed by atoms with Gasteiger partial charge in [-0.1, -0.05) is 0 Å². The Labute approximate surface area is 73.9 Å². The molecule has 1 heterocycles. The molecule has 6 nitrogen and oxygen atoms in total. The van der Waals surface area contributed by atoms with E-state index < -0.39 is 37.3 Å². The van der Waals surface area contributed by atoms with Crippen LogP contribution in [0.1, 0.15) is 0 Å². The number of hydrogen-bond acceptors (Lipinski definition) is 6. The summed E-state index contributed by atoms with van der Waals surface area (Å²) in [6, 6.07) is -1.04. The first-order chi connectivity index (χ1) is 5.57. The standard InChI is InChI=1S/C6H13NO5.FH/c7-3-5(10)4(9)2(1-8)12-6(3)11;/h2-6,8-11H,1,7H2;1H.